The average Bonchev–Trinajstić information content (AvgIpc) is 3.47. The summed E-state index contributed by atoms with van der Waals surface area (Å²) in [5.41, 5.74) is 3.93. The molecule has 5 rings (SSSR count). The van der Waals surface area contributed by atoms with Gasteiger partial charge in [0.1, 0.15) is 5.82 Å². The van der Waals surface area contributed by atoms with E-state index in [1.807, 2.05) is 59.5 Å². The van der Waals surface area contributed by atoms with Crippen molar-refractivity contribution >= 4 is 22.8 Å². The van der Waals surface area contributed by atoms with Gasteiger partial charge < -0.3 is 4.57 Å². The second kappa shape index (κ2) is 6.54. The highest BCUT2D eigenvalue weighted by molar-refractivity contribution is 7.12. The van der Waals surface area contributed by atoms with E-state index in [9.17, 15) is 4.79 Å². The van der Waals surface area contributed by atoms with E-state index in [2.05, 4.69) is 21.1 Å². The number of fused-ring (bicyclic) bond motifs is 1. The van der Waals surface area contributed by atoms with Gasteiger partial charge in [-0.2, -0.15) is 5.10 Å². The second-order valence-corrected chi connectivity index (χ2v) is 7.27. The van der Waals surface area contributed by atoms with Gasteiger partial charge in [0.15, 0.2) is 5.65 Å². The molecular weight excluding hydrogens is 370 g/mol. The van der Waals surface area contributed by atoms with Crippen molar-refractivity contribution in [2.24, 2.45) is 0 Å². The van der Waals surface area contributed by atoms with Crippen LogP contribution in [0.5, 0.6) is 0 Å². The number of aromatic nitrogens is 5. The van der Waals surface area contributed by atoms with Gasteiger partial charge >= 0.3 is 0 Å². The molecule has 6 nitrogen and oxygen atoms in total. The Morgan fingerprint density at radius 1 is 1.07 bits per heavy atom. The number of benzene rings is 1. The molecule has 0 unspecified atom stereocenters. The van der Waals surface area contributed by atoms with Crippen LogP contribution in [-0.4, -0.2) is 29.9 Å². The van der Waals surface area contributed by atoms with Crippen LogP contribution in [0.15, 0.2) is 72.6 Å². The Kier molecular flexibility index (Phi) is 3.87. The molecule has 0 N–H and O–H groups in total. The third kappa shape index (κ3) is 2.64. The van der Waals surface area contributed by atoms with Gasteiger partial charge in [-0.05, 0) is 36.6 Å². The summed E-state index contributed by atoms with van der Waals surface area (Å²) in [7, 11) is 0. The monoisotopic (exact) mass is 385 g/mol. The Labute approximate surface area is 164 Å². The zero-order valence-electron chi connectivity index (χ0n) is 15.0. The standard InChI is InChI=1S/C21H15N5OS/c1-14-22-9-10-25(14)16-5-2-4-15(12-16)18-7-8-23-21-17(13-24-26(18)21)20(27)19-6-3-11-28-19/h2-13H,1H3. The molecule has 0 atom stereocenters. The molecule has 0 aliphatic rings. The van der Waals surface area contributed by atoms with Crippen molar-refractivity contribution in [3.05, 3.63) is 88.9 Å². The maximum absolute atomic E-state index is 12.8. The summed E-state index contributed by atoms with van der Waals surface area (Å²) >= 11 is 1.42. The van der Waals surface area contributed by atoms with Crippen LogP contribution in [0.2, 0.25) is 0 Å². The lowest BCUT2D eigenvalue weighted by Gasteiger charge is -2.09. The van der Waals surface area contributed by atoms with Gasteiger partial charge in [0.2, 0.25) is 5.78 Å². The van der Waals surface area contributed by atoms with E-state index < -0.39 is 0 Å². The van der Waals surface area contributed by atoms with Crippen LogP contribution >= 0.6 is 11.3 Å². The maximum Gasteiger partial charge on any atom is 0.208 e. The molecule has 136 valence electrons. The summed E-state index contributed by atoms with van der Waals surface area (Å²) in [4.78, 5) is 22.2. The molecule has 4 aromatic heterocycles. The van der Waals surface area contributed by atoms with Gasteiger partial charge in [0, 0.05) is 29.8 Å². The van der Waals surface area contributed by atoms with Gasteiger partial charge in [-0.15, -0.1) is 11.3 Å². The minimum atomic E-state index is -0.0579. The van der Waals surface area contributed by atoms with Gasteiger partial charge in [0.05, 0.1) is 22.3 Å². The third-order valence-corrected chi connectivity index (χ3v) is 5.51. The lowest BCUT2D eigenvalue weighted by Crippen LogP contribution is -2.01. The Morgan fingerprint density at radius 3 is 2.79 bits per heavy atom. The molecule has 0 fully saturated rings. The molecule has 7 heteroatoms. The van der Waals surface area contributed by atoms with Crippen molar-refractivity contribution in [1.29, 1.82) is 0 Å². The highest BCUT2D eigenvalue weighted by Crippen LogP contribution is 2.25. The van der Waals surface area contributed by atoms with Crippen molar-refractivity contribution in [2.45, 2.75) is 6.92 Å². The number of nitrogens with zero attached hydrogens (tertiary/aromatic N) is 5. The Bertz CT molecular complexity index is 1300. The van der Waals surface area contributed by atoms with Crippen molar-refractivity contribution in [3.8, 4) is 16.9 Å². The number of hydrogen-bond acceptors (Lipinski definition) is 5. The third-order valence-electron chi connectivity index (χ3n) is 4.64. The zero-order valence-corrected chi connectivity index (χ0v) is 15.8. The van der Waals surface area contributed by atoms with Crippen LogP contribution in [-0.2, 0) is 0 Å². The van der Waals surface area contributed by atoms with Crippen molar-refractivity contribution in [1.82, 2.24) is 24.1 Å². The number of carbonyl (C=O) groups excluding carboxylic acids is 1. The number of aryl methyl sites for hydroxylation is 1. The fourth-order valence-electron chi connectivity index (χ4n) is 3.28. The molecule has 0 amide bonds. The van der Waals surface area contributed by atoms with E-state index in [4.69, 9.17) is 0 Å². The minimum absolute atomic E-state index is 0.0579. The van der Waals surface area contributed by atoms with Gasteiger partial charge in [-0.3, -0.25) is 4.79 Å². The Morgan fingerprint density at radius 2 is 2.00 bits per heavy atom. The van der Waals surface area contributed by atoms with Crippen LogP contribution in [0.4, 0.5) is 0 Å². The van der Waals surface area contributed by atoms with Gasteiger partial charge in [0.25, 0.3) is 0 Å². The predicted octanol–water partition coefficient (Wildman–Crippen LogP) is 4.18. The molecular formula is C21H15N5OS. The van der Waals surface area contributed by atoms with E-state index in [0.29, 0.717) is 16.1 Å². The highest BCUT2D eigenvalue weighted by atomic mass is 32.1. The summed E-state index contributed by atoms with van der Waals surface area (Å²) in [6, 6.07) is 13.7. The number of thiophene rings is 1. The first-order valence-electron chi connectivity index (χ1n) is 8.74. The second-order valence-electron chi connectivity index (χ2n) is 6.32. The molecule has 0 spiro atoms. The first-order chi connectivity index (χ1) is 13.7. The maximum atomic E-state index is 12.8. The summed E-state index contributed by atoms with van der Waals surface area (Å²) in [5, 5.41) is 6.34. The lowest BCUT2D eigenvalue weighted by molar-refractivity contribution is 0.104. The van der Waals surface area contributed by atoms with Crippen molar-refractivity contribution < 1.29 is 4.79 Å². The normalized spacial score (nSPS) is 11.2. The first-order valence-corrected chi connectivity index (χ1v) is 9.62. The predicted molar refractivity (Wildman–Crippen MR) is 108 cm³/mol. The molecule has 0 bridgehead atoms. The van der Waals surface area contributed by atoms with Crippen LogP contribution in [0.3, 0.4) is 0 Å². The van der Waals surface area contributed by atoms with E-state index in [0.717, 1.165) is 22.8 Å². The average molecular weight is 385 g/mol. The van der Waals surface area contributed by atoms with Gasteiger partial charge in [-0.25, -0.2) is 14.5 Å². The molecule has 28 heavy (non-hydrogen) atoms. The van der Waals surface area contributed by atoms with Gasteiger partial charge in [-0.1, -0.05) is 18.2 Å². The molecule has 1 aromatic carbocycles. The number of ketones is 1. The topological polar surface area (TPSA) is 65.1 Å². The molecule has 0 radical (unpaired) electrons. The number of imidazole rings is 1. The quantitative estimate of drug-likeness (QED) is 0.435. The minimum Gasteiger partial charge on any atom is -0.304 e. The van der Waals surface area contributed by atoms with E-state index in [1.54, 1.807) is 23.1 Å². The molecule has 5 aromatic rings. The number of carbonyl (C=O) groups is 1. The number of rotatable bonds is 4. The first kappa shape index (κ1) is 16.6. The lowest BCUT2D eigenvalue weighted by atomic mass is 10.1. The molecule has 0 aliphatic heterocycles. The van der Waals surface area contributed by atoms with E-state index >= 15 is 0 Å². The molecule has 0 saturated carbocycles. The summed E-state index contributed by atoms with van der Waals surface area (Å²) in [5.74, 6) is 0.859. The van der Waals surface area contributed by atoms with E-state index in [-0.39, 0.29) is 5.78 Å². The molecule has 4 heterocycles. The van der Waals surface area contributed by atoms with Crippen LogP contribution in [0.25, 0.3) is 22.6 Å². The van der Waals surface area contributed by atoms with Crippen LogP contribution in [0.1, 0.15) is 21.1 Å². The highest BCUT2D eigenvalue weighted by Gasteiger charge is 2.18. The van der Waals surface area contributed by atoms with Crippen molar-refractivity contribution in [3.63, 3.8) is 0 Å². The molecule has 0 aliphatic carbocycles. The molecule has 0 saturated heterocycles. The smallest absolute Gasteiger partial charge is 0.208 e. The summed E-state index contributed by atoms with van der Waals surface area (Å²) in [6.45, 7) is 1.97. The Hall–Kier alpha value is -3.58. The van der Waals surface area contributed by atoms with Crippen molar-refractivity contribution in [2.75, 3.05) is 0 Å². The zero-order chi connectivity index (χ0) is 19.1. The van der Waals surface area contributed by atoms with E-state index in [1.165, 1.54) is 11.3 Å². The Balaban J connectivity index is 1.63. The fraction of sp³-hybridized carbons (Fsp3) is 0.0476. The fourth-order valence-corrected chi connectivity index (χ4v) is 3.95. The SMILES string of the molecule is Cc1nccn1-c1cccc(-c2ccnc3c(C(=O)c4cccs4)cnn23)c1. The summed E-state index contributed by atoms with van der Waals surface area (Å²) < 4.78 is 3.75. The largest absolute Gasteiger partial charge is 0.304 e. The van der Waals surface area contributed by atoms with Crippen LogP contribution < -0.4 is 0 Å². The number of hydrogen-bond donors (Lipinski definition) is 0. The summed E-state index contributed by atoms with van der Waals surface area (Å²) in [6.07, 6.45) is 7.02. The van der Waals surface area contributed by atoms with Crippen LogP contribution in [0, 0.1) is 6.92 Å².